The zero-order valence-electron chi connectivity index (χ0n) is 15.7. The number of carboxylic acids is 1. The van der Waals surface area contributed by atoms with Crippen LogP contribution in [0.15, 0.2) is 24.3 Å². The number of carboxylic acid groups (broad SMARTS) is 1. The van der Waals surface area contributed by atoms with Crippen molar-refractivity contribution in [1.82, 2.24) is 16.0 Å². The molecule has 4 N–H and O–H groups in total. The molecule has 3 fully saturated rings. The number of hydrogen-bond donors (Lipinski definition) is 4. The van der Waals surface area contributed by atoms with E-state index in [2.05, 4.69) is 16.0 Å². The number of halogens is 1. The van der Waals surface area contributed by atoms with Crippen molar-refractivity contribution in [2.24, 2.45) is 11.8 Å². The van der Waals surface area contributed by atoms with Gasteiger partial charge in [0, 0.05) is 10.9 Å². The second-order valence-electron chi connectivity index (χ2n) is 8.19. The summed E-state index contributed by atoms with van der Waals surface area (Å²) in [5.41, 5.74) is -2.20. The zero-order chi connectivity index (χ0) is 20.8. The molecule has 3 aliphatic rings. The molecule has 2 saturated carbocycles. The van der Waals surface area contributed by atoms with Crippen LogP contribution in [0.4, 0.5) is 4.79 Å². The smallest absolute Gasteiger partial charge is 0.334 e. The number of hydrogen-bond acceptors (Lipinski definition) is 4. The summed E-state index contributed by atoms with van der Waals surface area (Å²) in [5, 5.41) is 18.2. The van der Waals surface area contributed by atoms with Crippen molar-refractivity contribution in [2.75, 3.05) is 0 Å². The van der Waals surface area contributed by atoms with Crippen LogP contribution in [-0.2, 0) is 19.9 Å². The van der Waals surface area contributed by atoms with Crippen LogP contribution in [0, 0.1) is 11.8 Å². The number of carbonyl (C=O) groups excluding carboxylic acids is 3. The first-order chi connectivity index (χ1) is 13.8. The highest BCUT2D eigenvalue weighted by molar-refractivity contribution is 6.30. The second kappa shape index (κ2) is 7.02. The van der Waals surface area contributed by atoms with Crippen molar-refractivity contribution in [3.63, 3.8) is 0 Å². The standard InChI is InChI=1S/C20H22ClN3O5/c21-14-7-3-6-13(8-14)20(17(27)28,12-4-1-2-5-12)23-15(25)11-9-19(10-11)16(26)22-18(29)24-19/h3,6-8,11-12H,1-2,4-5,9-10H2,(H,23,25)(H,27,28)(H2,22,24,26,29). The SMILES string of the molecule is O=C1NC(=O)C2(CC(C(=O)NC(C(=O)O)(c3cccc(Cl)c3)C3CCCC3)C2)N1. The Kier molecular flexibility index (Phi) is 4.77. The molecule has 1 aromatic carbocycles. The van der Waals surface area contributed by atoms with E-state index in [-0.39, 0.29) is 18.8 Å². The van der Waals surface area contributed by atoms with E-state index in [9.17, 15) is 24.3 Å². The minimum absolute atomic E-state index is 0.145. The number of aliphatic carboxylic acids is 1. The number of imide groups is 1. The van der Waals surface area contributed by atoms with Crippen molar-refractivity contribution in [1.29, 1.82) is 0 Å². The maximum absolute atomic E-state index is 13.0. The quantitative estimate of drug-likeness (QED) is 0.542. The van der Waals surface area contributed by atoms with Crippen molar-refractivity contribution in [2.45, 2.75) is 49.6 Å². The molecule has 1 spiro atoms. The van der Waals surface area contributed by atoms with Gasteiger partial charge in [-0.2, -0.15) is 0 Å². The van der Waals surface area contributed by atoms with Gasteiger partial charge >= 0.3 is 12.0 Å². The number of benzene rings is 1. The normalized spacial score (nSPS) is 28.4. The highest BCUT2D eigenvalue weighted by atomic mass is 35.5. The zero-order valence-corrected chi connectivity index (χ0v) is 16.4. The van der Waals surface area contributed by atoms with Gasteiger partial charge in [-0.25, -0.2) is 9.59 Å². The van der Waals surface area contributed by atoms with E-state index in [1.54, 1.807) is 24.3 Å². The fourth-order valence-electron chi connectivity index (χ4n) is 4.93. The first kappa shape index (κ1) is 19.7. The predicted molar refractivity (Wildman–Crippen MR) is 103 cm³/mol. The fourth-order valence-corrected chi connectivity index (χ4v) is 5.12. The maximum atomic E-state index is 13.0. The van der Waals surface area contributed by atoms with Crippen molar-refractivity contribution >= 4 is 35.4 Å². The monoisotopic (exact) mass is 419 g/mol. The van der Waals surface area contributed by atoms with Gasteiger partial charge in [0.2, 0.25) is 5.91 Å². The van der Waals surface area contributed by atoms with Crippen molar-refractivity contribution < 1.29 is 24.3 Å². The van der Waals surface area contributed by atoms with Gasteiger partial charge in [0.15, 0.2) is 5.54 Å². The molecule has 1 heterocycles. The summed E-state index contributed by atoms with van der Waals surface area (Å²) in [6.45, 7) is 0. The summed E-state index contributed by atoms with van der Waals surface area (Å²) < 4.78 is 0. The first-order valence-electron chi connectivity index (χ1n) is 9.72. The molecule has 0 bridgehead atoms. The van der Waals surface area contributed by atoms with E-state index in [1.807, 2.05) is 0 Å². The molecule has 4 rings (SSSR count). The predicted octanol–water partition coefficient (Wildman–Crippen LogP) is 1.91. The lowest BCUT2D eigenvalue weighted by Crippen LogP contribution is -2.63. The maximum Gasteiger partial charge on any atom is 0.334 e. The average molecular weight is 420 g/mol. The fraction of sp³-hybridized carbons (Fsp3) is 0.500. The summed E-state index contributed by atoms with van der Waals surface area (Å²) in [4.78, 5) is 49.0. The molecule has 4 amide bonds. The Labute approximate surface area is 172 Å². The number of nitrogens with one attached hydrogen (secondary N) is 3. The summed E-state index contributed by atoms with van der Waals surface area (Å²) in [6.07, 6.45) is 3.46. The van der Waals surface area contributed by atoms with E-state index < -0.39 is 40.8 Å². The molecule has 1 aromatic rings. The Morgan fingerprint density at radius 1 is 1.21 bits per heavy atom. The molecule has 2 aliphatic carbocycles. The van der Waals surface area contributed by atoms with Gasteiger partial charge in [0.1, 0.15) is 5.54 Å². The lowest BCUT2D eigenvalue weighted by Gasteiger charge is -2.44. The highest BCUT2D eigenvalue weighted by Crippen LogP contribution is 2.44. The van der Waals surface area contributed by atoms with Gasteiger partial charge < -0.3 is 15.7 Å². The summed E-state index contributed by atoms with van der Waals surface area (Å²) >= 11 is 6.12. The van der Waals surface area contributed by atoms with Gasteiger partial charge in [0.05, 0.1) is 0 Å². The molecular weight excluding hydrogens is 398 g/mol. The third kappa shape index (κ3) is 3.15. The van der Waals surface area contributed by atoms with E-state index >= 15 is 0 Å². The molecule has 1 atom stereocenters. The first-order valence-corrected chi connectivity index (χ1v) is 10.1. The highest BCUT2D eigenvalue weighted by Gasteiger charge is 2.59. The van der Waals surface area contributed by atoms with Gasteiger partial charge in [-0.3, -0.25) is 14.9 Å². The molecular formula is C20H22ClN3O5. The number of urea groups is 1. The van der Waals surface area contributed by atoms with Crippen LogP contribution in [0.25, 0.3) is 0 Å². The Morgan fingerprint density at radius 3 is 2.45 bits per heavy atom. The van der Waals surface area contributed by atoms with E-state index in [1.165, 1.54) is 0 Å². The minimum Gasteiger partial charge on any atom is -0.479 e. The lowest BCUT2D eigenvalue weighted by molar-refractivity contribution is -0.153. The molecule has 9 heteroatoms. The second-order valence-corrected chi connectivity index (χ2v) is 8.63. The topological polar surface area (TPSA) is 125 Å². The molecule has 0 radical (unpaired) electrons. The summed E-state index contributed by atoms with van der Waals surface area (Å²) in [6, 6.07) is 6.02. The molecule has 1 aliphatic heterocycles. The van der Waals surface area contributed by atoms with Crippen LogP contribution < -0.4 is 16.0 Å². The Hall–Kier alpha value is -2.61. The number of carbonyl (C=O) groups is 4. The van der Waals surface area contributed by atoms with Crippen LogP contribution in [-0.4, -0.2) is 34.5 Å². The molecule has 0 aromatic heterocycles. The Balaban J connectivity index is 1.61. The van der Waals surface area contributed by atoms with Gasteiger partial charge in [-0.15, -0.1) is 0 Å². The van der Waals surface area contributed by atoms with E-state index in [0.29, 0.717) is 23.4 Å². The van der Waals surface area contributed by atoms with Gasteiger partial charge in [0.25, 0.3) is 5.91 Å². The van der Waals surface area contributed by atoms with E-state index in [4.69, 9.17) is 11.6 Å². The Morgan fingerprint density at radius 2 is 1.90 bits per heavy atom. The van der Waals surface area contributed by atoms with Gasteiger partial charge in [-0.05, 0) is 49.3 Å². The molecule has 29 heavy (non-hydrogen) atoms. The third-order valence-corrected chi connectivity index (χ3v) is 6.72. The van der Waals surface area contributed by atoms with Crippen LogP contribution in [0.2, 0.25) is 5.02 Å². The van der Waals surface area contributed by atoms with E-state index in [0.717, 1.165) is 12.8 Å². The van der Waals surface area contributed by atoms with Crippen LogP contribution >= 0.6 is 11.6 Å². The minimum atomic E-state index is -1.58. The van der Waals surface area contributed by atoms with Crippen molar-refractivity contribution in [3.05, 3.63) is 34.9 Å². The molecule has 8 nitrogen and oxygen atoms in total. The molecule has 1 unspecified atom stereocenters. The van der Waals surface area contributed by atoms with Crippen LogP contribution in [0.1, 0.15) is 44.1 Å². The van der Waals surface area contributed by atoms with Crippen molar-refractivity contribution in [3.8, 4) is 0 Å². The van der Waals surface area contributed by atoms with Gasteiger partial charge in [-0.1, -0.05) is 36.6 Å². The Bertz CT molecular complexity index is 892. The summed E-state index contributed by atoms with van der Waals surface area (Å²) in [7, 11) is 0. The summed E-state index contributed by atoms with van der Waals surface area (Å²) in [5.74, 6) is -2.81. The molecule has 1 saturated heterocycles. The number of amides is 4. The number of rotatable bonds is 5. The van der Waals surface area contributed by atoms with Crippen LogP contribution in [0.5, 0.6) is 0 Å². The van der Waals surface area contributed by atoms with Crippen LogP contribution in [0.3, 0.4) is 0 Å². The third-order valence-electron chi connectivity index (χ3n) is 6.48. The average Bonchev–Trinajstić information content (AvgIpc) is 3.25. The largest absolute Gasteiger partial charge is 0.479 e. The molecule has 154 valence electrons. The lowest BCUT2D eigenvalue weighted by atomic mass is 9.67.